The number of aromatic nitrogens is 4. The van der Waals surface area contributed by atoms with E-state index in [-0.39, 0.29) is 28.9 Å². The van der Waals surface area contributed by atoms with Crippen LogP contribution in [0, 0.1) is 24.7 Å². The maximum atomic E-state index is 14.3. The van der Waals surface area contributed by atoms with E-state index in [1.54, 1.807) is 13.3 Å². The minimum absolute atomic E-state index is 0.106. The summed E-state index contributed by atoms with van der Waals surface area (Å²) in [6.07, 6.45) is 15.1. The number of aliphatic hydroxyl groups excluding tert-OH is 1. The summed E-state index contributed by atoms with van der Waals surface area (Å²) in [5.41, 5.74) is 4.40. The van der Waals surface area contributed by atoms with Gasteiger partial charge in [0.05, 0.1) is 30.6 Å². The number of hydrogen-bond acceptors (Lipinski definition) is 6. The lowest BCUT2D eigenvalue weighted by Gasteiger charge is -2.50. The van der Waals surface area contributed by atoms with Crippen LogP contribution in [0.3, 0.4) is 0 Å². The Kier molecular flexibility index (Phi) is 8.57. The molecule has 0 radical (unpaired) electrons. The summed E-state index contributed by atoms with van der Waals surface area (Å²) in [4.78, 5) is 25.8. The van der Waals surface area contributed by atoms with E-state index in [4.69, 9.17) is 9.72 Å². The fourth-order valence-electron chi connectivity index (χ4n) is 8.10. The van der Waals surface area contributed by atoms with Crippen molar-refractivity contribution in [3.05, 3.63) is 54.0 Å². The molecule has 3 atom stereocenters. The van der Waals surface area contributed by atoms with Crippen LogP contribution in [0.15, 0.2) is 42.9 Å². The Hall–Kier alpha value is -3.26. The average molecular weight is 600 g/mol. The van der Waals surface area contributed by atoms with Crippen molar-refractivity contribution in [2.75, 3.05) is 18.6 Å². The number of aryl methyl sites for hydroxylation is 1. The van der Waals surface area contributed by atoms with Gasteiger partial charge in [0.15, 0.2) is 0 Å². The molecule has 44 heavy (non-hydrogen) atoms. The minimum Gasteiger partial charge on any atom is -0.496 e. The number of benzene rings is 1. The standard InChI is InChI=1S/C36H49N5O3/c1-24-19-29(10-13-32(24)44-5)36-16-6-7-26(20-36)27(14-17-36)22-40(33(43)25-8-11-30(42)12-9-25)34-37-18-15-31(39-34)28-21-38-41(23-28)35(2,3)4/h10,13,15,18-19,21,23,25-27,30,42H,6-9,11-12,14,16-17,20,22H2,1-5H3. The van der Waals surface area contributed by atoms with E-state index in [9.17, 15) is 9.90 Å². The first kappa shape index (κ1) is 30.8. The maximum absolute atomic E-state index is 14.3. The number of anilines is 1. The summed E-state index contributed by atoms with van der Waals surface area (Å²) >= 11 is 0. The maximum Gasteiger partial charge on any atom is 0.232 e. The van der Waals surface area contributed by atoms with Crippen molar-refractivity contribution in [3.63, 3.8) is 0 Å². The lowest BCUT2D eigenvalue weighted by Crippen LogP contribution is -2.47. The Balaban J connectivity index is 1.27. The normalized spacial score (nSPS) is 27.1. The fraction of sp³-hybridized carbons (Fsp3) is 0.611. The molecule has 2 heterocycles. The molecule has 3 fully saturated rings. The van der Waals surface area contributed by atoms with Gasteiger partial charge in [-0.15, -0.1) is 0 Å². The lowest BCUT2D eigenvalue weighted by molar-refractivity contribution is -0.124. The van der Waals surface area contributed by atoms with Crippen LogP contribution < -0.4 is 9.64 Å². The van der Waals surface area contributed by atoms with Gasteiger partial charge in [-0.3, -0.25) is 14.4 Å². The molecule has 236 valence electrons. The Bertz CT molecular complexity index is 1470. The number of carbonyl (C=O) groups is 1. The van der Waals surface area contributed by atoms with Crippen LogP contribution in [-0.2, 0) is 15.7 Å². The van der Waals surface area contributed by atoms with Crippen LogP contribution in [0.2, 0.25) is 0 Å². The molecule has 1 N–H and O–H groups in total. The first-order valence-electron chi connectivity index (χ1n) is 16.6. The zero-order chi connectivity index (χ0) is 31.1. The van der Waals surface area contributed by atoms with Crippen LogP contribution in [0.25, 0.3) is 11.3 Å². The molecule has 3 aliphatic carbocycles. The quantitative estimate of drug-likeness (QED) is 0.320. The van der Waals surface area contributed by atoms with Crippen LogP contribution in [0.4, 0.5) is 5.95 Å². The predicted octanol–water partition coefficient (Wildman–Crippen LogP) is 6.83. The number of hydrogen-bond donors (Lipinski definition) is 1. The SMILES string of the molecule is COc1ccc(C23CCCC(C2)C(CN(C(=O)C2CCC(O)CC2)c2nccc(-c4cnn(C(C)(C)C)c4)n2)CC3)cc1C. The van der Waals surface area contributed by atoms with Gasteiger partial charge in [-0.05, 0) is 120 Å². The minimum atomic E-state index is -0.304. The van der Waals surface area contributed by atoms with Crippen molar-refractivity contribution >= 4 is 11.9 Å². The summed E-state index contributed by atoms with van der Waals surface area (Å²) < 4.78 is 7.50. The highest BCUT2D eigenvalue weighted by Gasteiger charge is 2.46. The molecule has 8 nitrogen and oxygen atoms in total. The van der Waals surface area contributed by atoms with E-state index in [0.717, 1.165) is 36.3 Å². The van der Waals surface area contributed by atoms with Gasteiger partial charge in [-0.1, -0.05) is 25.0 Å². The Morgan fingerprint density at radius 2 is 1.91 bits per heavy atom. The van der Waals surface area contributed by atoms with E-state index in [0.29, 0.717) is 50.0 Å². The summed E-state index contributed by atoms with van der Waals surface area (Å²) in [5.74, 6) is 2.39. The Morgan fingerprint density at radius 3 is 2.61 bits per heavy atom. The molecule has 8 heteroatoms. The molecule has 0 saturated heterocycles. The molecule has 3 saturated carbocycles. The third-order valence-electron chi connectivity index (χ3n) is 10.7. The first-order chi connectivity index (χ1) is 21.1. The molecule has 2 aromatic heterocycles. The van der Waals surface area contributed by atoms with Crippen molar-refractivity contribution in [2.45, 2.75) is 109 Å². The highest BCUT2D eigenvalue weighted by molar-refractivity contribution is 5.93. The number of ether oxygens (including phenoxy) is 1. The lowest BCUT2D eigenvalue weighted by atomic mass is 9.56. The van der Waals surface area contributed by atoms with E-state index in [1.807, 2.05) is 28.0 Å². The highest BCUT2D eigenvalue weighted by atomic mass is 16.5. The fourth-order valence-corrected chi connectivity index (χ4v) is 8.10. The third kappa shape index (κ3) is 6.15. The topological polar surface area (TPSA) is 93.4 Å². The highest BCUT2D eigenvalue weighted by Crippen LogP contribution is 2.53. The van der Waals surface area contributed by atoms with Gasteiger partial charge in [-0.2, -0.15) is 5.10 Å². The first-order valence-corrected chi connectivity index (χ1v) is 16.6. The van der Waals surface area contributed by atoms with Gasteiger partial charge in [0.25, 0.3) is 0 Å². The second-order valence-electron chi connectivity index (χ2n) is 14.7. The summed E-state index contributed by atoms with van der Waals surface area (Å²) in [5, 5.41) is 14.7. The van der Waals surface area contributed by atoms with Crippen molar-refractivity contribution in [2.24, 2.45) is 17.8 Å². The molecule has 3 unspecified atom stereocenters. The van der Waals surface area contributed by atoms with Crippen LogP contribution in [0.5, 0.6) is 5.75 Å². The predicted molar refractivity (Wildman–Crippen MR) is 173 cm³/mol. The van der Waals surface area contributed by atoms with Crippen LogP contribution >= 0.6 is 0 Å². The number of carbonyl (C=O) groups excluding carboxylic acids is 1. The summed E-state index contributed by atoms with van der Waals surface area (Å²) in [7, 11) is 1.74. The summed E-state index contributed by atoms with van der Waals surface area (Å²) in [6, 6.07) is 8.66. The molecular formula is C36H49N5O3. The van der Waals surface area contributed by atoms with Gasteiger partial charge in [0, 0.05) is 30.4 Å². The van der Waals surface area contributed by atoms with Gasteiger partial charge in [0.1, 0.15) is 5.75 Å². The van der Waals surface area contributed by atoms with Crippen LogP contribution in [0.1, 0.15) is 96.1 Å². The van der Waals surface area contributed by atoms with E-state index < -0.39 is 0 Å². The number of amides is 1. The van der Waals surface area contributed by atoms with Crippen molar-refractivity contribution in [3.8, 4) is 17.0 Å². The van der Waals surface area contributed by atoms with Gasteiger partial charge >= 0.3 is 0 Å². The largest absolute Gasteiger partial charge is 0.496 e. The molecule has 1 aromatic carbocycles. The second-order valence-corrected chi connectivity index (χ2v) is 14.7. The monoisotopic (exact) mass is 599 g/mol. The Morgan fingerprint density at radius 1 is 1.11 bits per heavy atom. The molecule has 6 rings (SSSR count). The van der Waals surface area contributed by atoms with Gasteiger partial charge in [-0.25, -0.2) is 9.97 Å². The van der Waals surface area contributed by atoms with E-state index in [1.165, 1.54) is 30.4 Å². The van der Waals surface area contributed by atoms with Gasteiger partial charge < -0.3 is 9.84 Å². The summed E-state index contributed by atoms with van der Waals surface area (Å²) in [6.45, 7) is 9.15. The second kappa shape index (κ2) is 12.3. The van der Waals surface area contributed by atoms with Crippen molar-refractivity contribution < 1.29 is 14.6 Å². The van der Waals surface area contributed by atoms with Gasteiger partial charge in [0.2, 0.25) is 11.9 Å². The number of methoxy groups -OCH3 is 1. The molecule has 1 amide bonds. The molecule has 3 aromatic rings. The van der Waals surface area contributed by atoms with Crippen molar-refractivity contribution in [1.29, 1.82) is 0 Å². The molecule has 0 aliphatic heterocycles. The molecular weight excluding hydrogens is 550 g/mol. The average Bonchev–Trinajstić information content (AvgIpc) is 3.53. The van der Waals surface area contributed by atoms with Crippen LogP contribution in [-0.4, -0.2) is 50.5 Å². The smallest absolute Gasteiger partial charge is 0.232 e. The third-order valence-corrected chi connectivity index (χ3v) is 10.7. The van der Waals surface area contributed by atoms with E-state index >= 15 is 0 Å². The molecule has 2 bridgehead atoms. The molecule has 3 aliphatic rings. The Labute approximate surface area is 262 Å². The van der Waals surface area contributed by atoms with Crippen molar-refractivity contribution in [1.82, 2.24) is 19.7 Å². The van der Waals surface area contributed by atoms with E-state index in [2.05, 4.69) is 56.0 Å². The molecule has 0 spiro atoms. The zero-order valence-electron chi connectivity index (χ0n) is 27.1. The number of fused-ring (bicyclic) bond motifs is 2. The number of aliphatic hydroxyl groups is 1. The zero-order valence-corrected chi connectivity index (χ0v) is 27.1. The number of nitrogens with zero attached hydrogens (tertiary/aromatic N) is 5. The number of rotatable bonds is 7.